The van der Waals surface area contributed by atoms with Crippen LogP contribution in [0.1, 0.15) is 53.9 Å². The standard InChI is InChI=1S/C14H30N2/c1-6-12(4)10-16-11-14(5,8-3)15-9-13(16)7-2/h12-13,15H,6-11H2,1-5H3. The number of nitrogens with zero attached hydrogens (tertiary/aromatic N) is 1. The fraction of sp³-hybridized carbons (Fsp3) is 1.00. The van der Waals surface area contributed by atoms with Crippen molar-refractivity contribution in [3.63, 3.8) is 0 Å². The van der Waals surface area contributed by atoms with Gasteiger partial charge in [0.05, 0.1) is 0 Å². The molecule has 0 aromatic carbocycles. The van der Waals surface area contributed by atoms with Gasteiger partial charge in [-0.25, -0.2) is 0 Å². The summed E-state index contributed by atoms with van der Waals surface area (Å²) >= 11 is 0. The highest BCUT2D eigenvalue weighted by atomic mass is 15.2. The maximum absolute atomic E-state index is 3.73. The molecule has 3 atom stereocenters. The second-order valence-electron chi connectivity index (χ2n) is 5.80. The monoisotopic (exact) mass is 226 g/mol. The van der Waals surface area contributed by atoms with Crippen molar-refractivity contribution in [2.24, 2.45) is 5.92 Å². The van der Waals surface area contributed by atoms with Gasteiger partial charge >= 0.3 is 0 Å². The Hall–Kier alpha value is -0.0800. The summed E-state index contributed by atoms with van der Waals surface area (Å²) in [5, 5.41) is 3.73. The van der Waals surface area contributed by atoms with Gasteiger partial charge in [0.25, 0.3) is 0 Å². The van der Waals surface area contributed by atoms with Crippen LogP contribution in [0.2, 0.25) is 0 Å². The summed E-state index contributed by atoms with van der Waals surface area (Å²) < 4.78 is 0. The molecular formula is C14H30N2. The van der Waals surface area contributed by atoms with Gasteiger partial charge in [-0.3, -0.25) is 4.90 Å². The zero-order chi connectivity index (χ0) is 12.2. The van der Waals surface area contributed by atoms with Crippen LogP contribution in [0.5, 0.6) is 0 Å². The van der Waals surface area contributed by atoms with E-state index in [1.165, 1.54) is 32.4 Å². The van der Waals surface area contributed by atoms with E-state index in [-0.39, 0.29) is 0 Å². The number of rotatable bonds is 5. The predicted octanol–water partition coefficient (Wildman–Crippen LogP) is 2.89. The Balaban J connectivity index is 2.60. The summed E-state index contributed by atoms with van der Waals surface area (Å²) in [6.07, 6.45) is 3.78. The maximum atomic E-state index is 3.73. The third-order valence-electron chi connectivity index (χ3n) is 4.33. The molecule has 16 heavy (non-hydrogen) atoms. The average molecular weight is 226 g/mol. The molecule has 3 unspecified atom stereocenters. The van der Waals surface area contributed by atoms with Crippen LogP contribution in [0.4, 0.5) is 0 Å². The molecule has 96 valence electrons. The lowest BCUT2D eigenvalue weighted by Crippen LogP contribution is -2.63. The van der Waals surface area contributed by atoms with Crippen molar-refractivity contribution in [2.45, 2.75) is 65.5 Å². The zero-order valence-electron chi connectivity index (χ0n) is 11.8. The second kappa shape index (κ2) is 6.02. The fourth-order valence-corrected chi connectivity index (χ4v) is 2.51. The Labute approximate surface area is 102 Å². The van der Waals surface area contributed by atoms with Gasteiger partial charge in [-0.1, -0.05) is 34.1 Å². The molecule has 0 saturated carbocycles. The second-order valence-corrected chi connectivity index (χ2v) is 5.80. The molecule has 0 radical (unpaired) electrons. The van der Waals surface area contributed by atoms with Crippen LogP contribution in [0.3, 0.4) is 0 Å². The third kappa shape index (κ3) is 3.46. The van der Waals surface area contributed by atoms with Crippen molar-refractivity contribution < 1.29 is 0 Å². The smallest absolute Gasteiger partial charge is 0.0278 e. The highest BCUT2D eigenvalue weighted by Gasteiger charge is 2.33. The van der Waals surface area contributed by atoms with Gasteiger partial charge in [0.2, 0.25) is 0 Å². The van der Waals surface area contributed by atoms with E-state index in [9.17, 15) is 0 Å². The molecule has 1 aliphatic heterocycles. The van der Waals surface area contributed by atoms with E-state index >= 15 is 0 Å². The van der Waals surface area contributed by atoms with Crippen LogP contribution in [0.25, 0.3) is 0 Å². The van der Waals surface area contributed by atoms with Gasteiger partial charge in [-0.15, -0.1) is 0 Å². The first-order valence-electron chi connectivity index (χ1n) is 7.03. The normalized spacial score (nSPS) is 33.9. The molecule has 0 amide bonds. The molecule has 1 N–H and O–H groups in total. The summed E-state index contributed by atoms with van der Waals surface area (Å²) in [5.41, 5.74) is 0.332. The Morgan fingerprint density at radius 1 is 1.38 bits per heavy atom. The van der Waals surface area contributed by atoms with Crippen LogP contribution in [-0.2, 0) is 0 Å². The maximum Gasteiger partial charge on any atom is 0.0278 e. The highest BCUT2D eigenvalue weighted by molar-refractivity contribution is 4.94. The van der Waals surface area contributed by atoms with Crippen molar-refractivity contribution in [3.8, 4) is 0 Å². The number of nitrogens with one attached hydrogen (secondary N) is 1. The molecule has 0 bridgehead atoms. The third-order valence-corrected chi connectivity index (χ3v) is 4.33. The molecular weight excluding hydrogens is 196 g/mol. The quantitative estimate of drug-likeness (QED) is 0.775. The van der Waals surface area contributed by atoms with Gasteiger partial charge < -0.3 is 5.32 Å². The molecule has 0 aromatic heterocycles. The van der Waals surface area contributed by atoms with Gasteiger partial charge in [0.15, 0.2) is 0 Å². The largest absolute Gasteiger partial charge is 0.309 e. The topological polar surface area (TPSA) is 15.3 Å². The van der Waals surface area contributed by atoms with Gasteiger partial charge in [0.1, 0.15) is 0 Å². The molecule has 2 nitrogen and oxygen atoms in total. The Bertz CT molecular complexity index is 205. The minimum absolute atomic E-state index is 0.332. The first kappa shape index (κ1) is 14.0. The lowest BCUT2D eigenvalue weighted by molar-refractivity contribution is 0.0691. The van der Waals surface area contributed by atoms with Crippen molar-refractivity contribution in [3.05, 3.63) is 0 Å². The summed E-state index contributed by atoms with van der Waals surface area (Å²) in [5.74, 6) is 0.827. The first-order chi connectivity index (χ1) is 7.54. The van der Waals surface area contributed by atoms with Crippen LogP contribution in [0.15, 0.2) is 0 Å². The number of piperazine rings is 1. The van der Waals surface area contributed by atoms with Crippen LogP contribution < -0.4 is 5.32 Å². The molecule has 0 aromatic rings. The molecule has 1 aliphatic rings. The SMILES string of the molecule is CCC(C)CN1CC(C)(CC)NCC1CC. The summed E-state index contributed by atoms with van der Waals surface area (Å²) in [6.45, 7) is 15.3. The van der Waals surface area contributed by atoms with Gasteiger partial charge in [-0.2, -0.15) is 0 Å². The predicted molar refractivity (Wildman–Crippen MR) is 71.8 cm³/mol. The number of hydrogen-bond donors (Lipinski definition) is 1. The zero-order valence-corrected chi connectivity index (χ0v) is 11.8. The lowest BCUT2D eigenvalue weighted by Gasteiger charge is -2.46. The molecule has 1 saturated heterocycles. The molecule has 1 rings (SSSR count). The fourth-order valence-electron chi connectivity index (χ4n) is 2.51. The van der Waals surface area contributed by atoms with E-state index in [1.54, 1.807) is 0 Å². The van der Waals surface area contributed by atoms with Crippen LogP contribution in [0, 0.1) is 5.92 Å². The van der Waals surface area contributed by atoms with Crippen molar-refractivity contribution >= 4 is 0 Å². The van der Waals surface area contributed by atoms with E-state index in [0.717, 1.165) is 18.5 Å². The molecule has 2 heteroatoms. The minimum Gasteiger partial charge on any atom is -0.309 e. The molecule has 1 fully saturated rings. The van der Waals surface area contributed by atoms with Crippen LogP contribution in [-0.4, -0.2) is 36.1 Å². The molecule has 0 spiro atoms. The highest BCUT2D eigenvalue weighted by Crippen LogP contribution is 2.21. The Morgan fingerprint density at radius 3 is 2.56 bits per heavy atom. The number of hydrogen-bond acceptors (Lipinski definition) is 2. The van der Waals surface area contributed by atoms with E-state index in [4.69, 9.17) is 0 Å². The molecule has 1 heterocycles. The van der Waals surface area contributed by atoms with E-state index in [0.29, 0.717) is 5.54 Å². The van der Waals surface area contributed by atoms with Crippen molar-refractivity contribution in [1.29, 1.82) is 0 Å². The Kier molecular flexibility index (Phi) is 5.26. The van der Waals surface area contributed by atoms with E-state index in [2.05, 4.69) is 44.8 Å². The first-order valence-corrected chi connectivity index (χ1v) is 7.03. The van der Waals surface area contributed by atoms with E-state index in [1.807, 2.05) is 0 Å². The lowest BCUT2D eigenvalue weighted by atomic mass is 9.92. The van der Waals surface area contributed by atoms with Crippen molar-refractivity contribution in [1.82, 2.24) is 10.2 Å². The minimum atomic E-state index is 0.332. The molecule has 0 aliphatic carbocycles. The van der Waals surface area contributed by atoms with Crippen LogP contribution >= 0.6 is 0 Å². The summed E-state index contributed by atoms with van der Waals surface area (Å²) in [6, 6.07) is 0.744. The average Bonchev–Trinajstić information content (AvgIpc) is 2.29. The van der Waals surface area contributed by atoms with E-state index < -0.39 is 0 Å². The van der Waals surface area contributed by atoms with Crippen molar-refractivity contribution in [2.75, 3.05) is 19.6 Å². The Morgan fingerprint density at radius 2 is 2.06 bits per heavy atom. The summed E-state index contributed by atoms with van der Waals surface area (Å²) in [7, 11) is 0. The van der Waals surface area contributed by atoms with Gasteiger partial charge in [0, 0.05) is 31.2 Å². The summed E-state index contributed by atoms with van der Waals surface area (Å²) in [4.78, 5) is 2.72. The van der Waals surface area contributed by atoms with Gasteiger partial charge in [-0.05, 0) is 25.7 Å².